The van der Waals surface area contributed by atoms with Crippen LogP contribution in [0, 0.1) is 5.92 Å². The van der Waals surface area contributed by atoms with Crippen molar-refractivity contribution >= 4 is 23.6 Å². The Morgan fingerprint density at radius 1 is 1.00 bits per heavy atom. The highest BCUT2D eigenvalue weighted by atomic mass is 16.2. The molecule has 1 N–H and O–H groups in total. The van der Waals surface area contributed by atoms with Gasteiger partial charge >= 0.3 is 0 Å². The normalized spacial score (nSPS) is 18.2. The Balaban J connectivity index is 1.25. The van der Waals surface area contributed by atoms with E-state index in [1.807, 2.05) is 24.1 Å². The number of hydrogen-bond donors (Lipinski definition) is 1. The van der Waals surface area contributed by atoms with Gasteiger partial charge < -0.3 is 20.0 Å². The minimum Gasteiger partial charge on any atom is -0.357 e. The van der Waals surface area contributed by atoms with E-state index >= 15 is 0 Å². The lowest BCUT2D eigenvalue weighted by atomic mass is 9.93. The van der Waals surface area contributed by atoms with Crippen LogP contribution in [-0.2, 0) is 4.79 Å². The van der Waals surface area contributed by atoms with E-state index in [9.17, 15) is 4.79 Å². The Kier molecular flexibility index (Phi) is 6.56. The van der Waals surface area contributed by atoms with Crippen LogP contribution in [0.4, 0.5) is 17.7 Å². The fourth-order valence-corrected chi connectivity index (χ4v) is 4.21. The zero-order chi connectivity index (χ0) is 20.8. The Morgan fingerprint density at radius 2 is 1.80 bits per heavy atom. The van der Waals surface area contributed by atoms with Crippen LogP contribution < -0.4 is 15.1 Å². The molecule has 9 nitrogen and oxygen atoms in total. The predicted molar refractivity (Wildman–Crippen MR) is 117 cm³/mol. The first-order valence-electron chi connectivity index (χ1n) is 10.8. The summed E-state index contributed by atoms with van der Waals surface area (Å²) >= 11 is 0. The molecule has 1 amide bonds. The number of hydrogen-bond acceptors (Lipinski definition) is 8. The first-order valence-corrected chi connectivity index (χ1v) is 10.8. The monoisotopic (exact) mass is 410 g/mol. The van der Waals surface area contributed by atoms with Gasteiger partial charge in [0.25, 0.3) is 0 Å². The van der Waals surface area contributed by atoms with Crippen LogP contribution in [0.3, 0.4) is 0 Å². The van der Waals surface area contributed by atoms with Gasteiger partial charge in [0.1, 0.15) is 5.82 Å². The molecule has 0 atom stereocenters. The Bertz CT molecular complexity index is 825. The molecular weight excluding hydrogens is 380 g/mol. The second kappa shape index (κ2) is 9.69. The summed E-state index contributed by atoms with van der Waals surface area (Å²) in [6.45, 7) is 5.09. The Morgan fingerprint density at radius 3 is 2.57 bits per heavy atom. The van der Waals surface area contributed by atoms with E-state index < -0.39 is 0 Å². The number of aromatic nitrogens is 4. The molecule has 0 saturated carbocycles. The van der Waals surface area contributed by atoms with Crippen molar-refractivity contribution in [3.05, 3.63) is 30.7 Å². The summed E-state index contributed by atoms with van der Waals surface area (Å²) in [5.74, 6) is 3.07. The second-order valence-electron chi connectivity index (χ2n) is 7.89. The standard InChI is InChI=1S/C21H30N8O/c1-22-20-23-9-4-18(26-20)27-12-5-17(6-13-27)16-19(30)28-10-3-11-29(15-14-28)21-24-7-2-8-25-21/h2,4,7-9,17H,3,5-6,10-16H2,1H3,(H,22,23,26). The summed E-state index contributed by atoms with van der Waals surface area (Å²) in [4.78, 5) is 36.8. The van der Waals surface area contributed by atoms with Gasteiger partial charge in [-0.3, -0.25) is 4.79 Å². The lowest BCUT2D eigenvalue weighted by Gasteiger charge is -2.33. The molecular formula is C21H30N8O. The first-order chi connectivity index (χ1) is 14.7. The molecule has 2 aliphatic heterocycles. The Labute approximate surface area is 177 Å². The number of anilines is 3. The molecule has 160 valence electrons. The van der Waals surface area contributed by atoms with Crippen LogP contribution in [-0.4, -0.2) is 77.1 Å². The van der Waals surface area contributed by atoms with E-state index in [0.29, 0.717) is 18.3 Å². The van der Waals surface area contributed by atoms with Crippen molar-refractivity contribution < 1.29 is 4.79 Å². The van der Waals surface area contributed by atoms with Crippen molar-refractivity contribution in [2.45, 2.75) is 25.7 Å². The summed E-state index contributed by atoms with van der Waals surface area (Å²) in [6.07, 6.45) is 8.94. The van der Waals surface area contributed by atoms with Crippen molar-refractivity contribution in [2.75, 3.05) is 61.4 Å². The lowest BCUT2D eigenvalue weighted by molar-refractivity contribution is -0.132. The zero-order valence-electron chi connectivity index (χ0n) is 17.6. The molecule has 2 saturated heterocycles. The van der Waals surface area contributed by atoms with Gasteiger partial charge in [-0.1, -0.05) is 0 Å². The molecule has 9 heteroatoms. The van der Waals surface area contributed by atoms with Crippen LogP contribution in [0.15, 0.2) is 30.7 Å². The van der Waals surface area contributed by atoms with E-state index in [1.54, 1.807) is 18.6 Å². The highest BCUT2D eigenvalue weighted by molar-refractivity contribution is 5.76. The molecule has 0 aromatic carbocycles. The highest BCUT2D eigenvalue weighted by Gasteiger charge is 2.26. The fourth-order valence-electron chi connectivity index (χ4n) is 4.21. The molecule has 0 spiro atoms. The molecule has 4 rings (SSSR count). The summed E-state index contributed by atoms with van der Waals surface area (Å²) in [5, 5.41) is 2.99. The maximum Gasteiger partial charge on any atom is 0.225 e. The van der Waals surface area contributed by atoms with E-state index in [4.69, 9.17) is 0 Å². The summed E-state index contributed by atoms with van der Waals surface area (Å²) in [6, 6.07) is 3.78. The number of amides is 1. The molecule has 30 heavy (non-hydrogen) atoms. The molecule has 4 heterocycles. The van der Waals surface area contributed by atoms with Crippen LogP contribution in [0.5, 0.6) is 0 Å². The molecule has 2 aromatic rings. The quantitative estimate of drug-likeness (QED) is 0.796. The minimum atomic E-state index is 0.281. The lowest BCUT2D eigenvalue weighted by Crippen LogP contribution is -2.39. The summed E-state index contributed by atoms with van der Waals surface area (Å²) < 4.78 is 0. The van der Waals surface area contributed by atoms with Gasteiger partial charge in [0.2, 0.25) is 17.8 Å². The molecule has 0 bridgehead atoms. The number of nitrogens with zero attached hydrogens (tertiary/aromatic N) is 7. The third-order valence-electron chi connectivity index (χ3n) is 5.95. The molecule has 2 fully saturated rings. The van der Waals surface area contributed by atoms with Gasteiger partial charge in [0.05, 0.1) is 0 Å². The second-order valence-corrected chi connectivity index (χ2v) is 7.89. The first kappa shape index (κ1) is 20.3. The maximum atomic E-state index is 12.9. The van der Waals surface area contributed by atoms with Crippen LogP contribution >= 0.6 is 0 Å². The largest absolute Gasteiger partial charge is 0.357 e. The van der Waals surface area contributed by atoms with Gasteiger partial charge in [0, 0.05) is 71.3 Å². The number of piperidine rings is 1. The van der Waals surface area contributed by atoms with Crippen LogP contribution in [0.1, 0.15) is 25.7 Å². The van der Waals surface area contributed by atoms with Crippen molar-refractivity contribution in [1.82, 2.24) is 24.8 Å². The van der Waals surface area contributed by atoms with E-state index in [2.05, 4.69) is 35.1 Å². The van der Waals surface area contributed by atoms with Gasteiger partial charge in [-0.05, 0) is 37.3 Å². The number of rotatable bonds is 5. The molecule has 0 radical (unpaired) electrons. The average Bonchev–Trinajstić information content (AvgIpc) is 3.07. The van der Waals surface area contributed by atoms with Crippen LogP contribution in [0.25, 0.3) is 0 Å². The topological polar surface area (TPSA) is 90.4 Å². The molecule has 0 unspecified atom stereocenters. The van der Waals surface area contributed by atoms with Gasteiger partial charge in [-0.2, -0.15) is 4.98 Å². The third kappa shape index (κ3) is 4.95. The van der Waals surface area contributed by atoms with E-state index in [0.717, 1.165) is 70.3 Å². The van der Waals surface area contributed by atoms with E-state index in [-0.39, 0.29) is 5.91 Å². The summed E-state index contributed by atoms with van der Waals surface area (Å²) in [5.41, 5.74) is 0. The Hall–Kier alpha value is -2.97. The fraction of sp³-hybridized carbons (Fsp3) is 0.571. The smallest absolute Gasteiger partial charge is 0.225 e. The SMILES string of the molecule is CNc1nccc(N2CCC(CC(=O)N3CCCN(c4ncccn4)CC3)CC2)n1. The van der Waals surface area contributed by atoms with Crippen LogP contribution in [0.2, 0.25) is 0 Å². The molecule has 0 aliphatic carbocycles. The highest BCUT2D eigenvalue weighted by Crippen LogP contribution is 2.25. The number of carbonyl (C=O) groups is 1. The van der Waals surface area contributed by atoms with E-state index in [1.165, 1.54) is 0 Å². The predicted octanol–water partition coefficient (Wildman–Crippen LogP) is 1.65. The van der Waals surface area contributed by atoms with Gasteiger partial charge in [0.15, 0.2) is 0 Å². The van der Waals surface area contributed by atoms with Crippen molar-refractivity contribution in [3.8, 4) is 0 Å². The molecule has 2 aliphatic rings. The zero-order valence-corrected chi connectivity index (χ0v) is 17.6. The summed E-state index contributed by atoms with van der Waals surface area (Å²) in [7, 11) is 1.83. The number of carbonyl (C=O) groups excluding carboxylic acids is 1. The third-order valence-corrected chi connectivity index (χ3v) is 5.95. The van der Waals surface area contributed by atoms with Gasteiger partial charge in [-0.15, -0.1) is 0 Å². The van der Waals surface area contributed by atoms with Crippen molar-refractivity contribution in [3.63, 3.8) is 0 Å². The maximum absolute atomic E-state index is 12.9. The van der Waals surface area contributed by atoms with Crippen molar-refractivity contribution in [2.24, 2.45) is 5.92 Å². The van der Waals surface area contributed by atoms with Gasteiger partial charge in [-0.25, -0.2) is 15.0 Å². The average molecular weight is 411 g/mol. The minimum absolute atomic E-state index is 0.281. The number of nitrogens with one attached hydrogen (secondary N) is 1. The molecule has 2 aromatic heterocycles. The van der Waals surface area contributed by atoms with Crippen molar-refractivity contribution in [1.29, 1.82) is 0 Å².